The molecule has 1 aliphatic rings. The van der Waals surface area contributed by atoms with E-state index in [0.29, 0.717) is 19.4 Å². The smallest absolute Gasteiger partial charge is 0.252 e. The lowest BCUT2D eigenvalue weighted by Crippen LogP contribution is -2.54. The topological polar surface area (TPSA) is 50.4 Å². The van der Waals surface area contributed by atoms with Gasteiger partial charge in [-0.05, 0) is 49.5 Å². The average Bonchev–Trinajstić information content (AvgIpc) is 2.53. The molecule has 0 radical (unpaired) electrons. The molecule has 6 heteroatoms. The number of piperidine rings is 1. The molecule has 1 heterocycles. The summed E-state index contributed by atoms with van der Waals surface area (Å²) >= 11 is 0. The molecule has 22 heavy (non-hydrogen) atoms. The van der Waals surface area contributed by atoms with Crippen molar-refractivity contribution in [1.82, 2.24) is 10.6 Å². The van der Waals surface area contributed by atoms with Gasteiger partial charge in [-0.25, -0.2) is 4.39 Å². The van der Waals surface area contributed by atoms with E-state index in [2.05, 4.69) is 10.6 Å². The second-order valence-corrected chi connectivity index (χ2v) is 5.61. The molecule has 0 saturated carbocycles. The van der Waals surface area contributed by atoms with Gasteiger partial charge in [-0.3, -0.25) is 4.79 Å². The van der Waals surface area contributed by atoms with Crippen molar-refractivity contribution in [1.29, 1.82) is 0 Å². The van der Waals surface area contributed by atoms with Crippen LogP contribution in [0.25, 0.3) is 0 Å². The molecule has 1 aromatic carbocycles. The normalized spacial score (nSPS) is 18.1. The lowest BCUT2D eigenvalue weighted by molar-refractivity contribution is -0.146. The highest BCUT2D eigenvalue weighted by Crippen LogP contribution is 2.23. The van der Waals surface area contributed by atoms with Crippen LogP contribution in [-0.4, -0.2) is 38.3 Å². The minimum absolute atomic E-state index is 0. The molecule has 1 unspecified atom stereocenters. The van der Waals surface area contributed by atoms with E-state index >= 15 is 0 Å². The standard InChI is InChI=1S/C16H23FN2O2.ClH/c1-12(13-3-5-14(17)6-4-13)11-19-15(20)16(21-2)7-9-18-10-8-16;/h3-6,12,18H,7-11H2,1-2H3,(H,19,20);1H. The zero-order chi connectivity index (χ0) is 15.3. The van der Waals surface area contributed by atoms with E-state index in [9.17, 15) is 9.18 Å². The zero-order valence-electron chi connectivity index (χ0n) is 13.0. The summed E-state index contributed by atoms with van der Waals surface area (Å²) < 4.78 is 18.4. The highest BCUT2D eigenvalue weighted by atomic mass is 35.5. The number of ether oxygens (including phenoxy) is 1. The fourth-order valence-electron chi connectivity index (χ4n) is 2.67. The molecule has 0 bridgehead atoms. The van der Waals surface area contributed by atoms with E-state index in [0.717, 1.165) is 18.7 Å². The Morgan fingerprint density at radius 2 is 1.95 bits per heavy atom. The van der Waals surface area contributed by atoms with E-state index in [1.807, 2.05) is 6.92 Å². The number of hydrogen-bond donors (Lipinski definition) is 2. The summed E-state index contributed by atoms with van der Waals surface area (Å²) in [6.07, 6.45) is 1.36. The molecule has 0 aromatic heterocycles. The van der Waals surface area contributed by atoms with E-state index in [1.165, 1.54) is 12.1 Å². The molecule has 2 N–H and O–H groups in total. The molecule has 1 fully saturated rings. The van der Waals surface area contributed by atoms with E-state index < -0.39 is 5.60 Å². The Morgan fingerprint density at radius 1 is 1.36 bits per heavy atom. The SMILES string of the molecule is COC1(C(=O)NCC(C)c2ccc(F)cc2)CCNCC1.Cl. The zero-order valence-corrected chi connectivity index (χ0v) is 13.8. The summed E-state index contributed by atoms with van der Waals surface area (Å²) in [7, 11) is 1.59. The van der Waals surface area contributed by atoms with Gasteiger partial charge in [0.1, 0.15) is 11.4 Å². The molecule has 1 atom stereocenters. The van der Waals surface area contributed by atoms with Crippen LogP contribution in [0, 0.1) is 5.82 Å². The monoisotopic (exact) mass is 330 g/mol. The molecule has 4 nitrogen and oxygen atoms in total. The van der Waals surface area contributed by atoms with Crippen LogP contribution in [0.2, 0.25) is 0 Å². The maximum atomic E-state index is 12.9. The minimum atomic E-state index is -0.715. The van der Waals surface area contributed by atoms with Crippen LogP contribution in [-0.2, 0) is 9.53 Å². The van der Waals surface area contributed by atoms with Crippen LogP contribution in [0.3, 0.4) is 0 Å². The number of benzene rings is 1. The van der Waals surface area contributed by atoms with Crippen LogP contribution < -0.4 is 10.6 Å². The molecular weight excluding hydrogens is 307 g/mol. The molecule has 1 amide bonds. The van der Waals surface area contributed by atoms with Gasteiger partial charge in [-0.15, -0.1) is 12.4 Å². The number of rotatable bonds is 5. The van der Waals surface area contributed by atoms with Crippen LogP contribution in [0.5, 0.6) is 0 Å². The van der Waals surface area contributed by atoms with Gasteiger partial charge in [0.2, 0.25) is 0 Å². The summed E-state index contributed by atoms with van der Waals surface area (Å²) in [6.45, 7) is 4.10. The summed E-state index contributed by atoms with van der Waals surface area (Å²) in [5.74, 6) is -0.173. The van der Waals surface area contributed by atoms with E-state index in [-0.39, 0.29) is 30.0 Å². The van der Waals surface area contributed by atoms with Gasteiger partial charge >= 0.3 is 0 Å². The number of nitrogens with one attached hydrogen (secondary N) is 2. The number of methoxy groups -OCH3 is 1. The molecule has 2 rings (SSSR count). The molecule has 0 aliphatic carbocycles. The number of amides is 1. The van der Waals surface area contributed by atoms with Crippen molar-refractivity contribution in [2.75, 3.05) is 26.7 Å². The molecule has 1 aromatic rings. The minimum Gasteiger partial charge on any atom is -0.368 e. The van der Waals surface area contributed by atoms with Crippen LogP contribution >= 0.6 is 12.4 Å². The predicted molar refractivity (Wildman–Crippen MR) is 86.9 cm³/mol. The fraction of sp³-hybridized carbons (Fsp3) is 0.562. The van der Waals surface area contributed by atoms with Crippen LogP contribution in [0.15, 0.2) is 24.3 Å². The average molecular weight is 331 g/mol. The van der Waals surface area contributed by atoms with Crippen molar-refractivity contribution < 1.29 is 13.9 Å². The summed E-state index contributed by atoms with van der Waals surface area (Å²) in [6, 6.07) is 6.39. The Morgan fingerprint density at radius 3 is 2.50 bits per heavy atom. The number of carbonyl (C=O) groups excluding carboxylic acids is 1. The third kappa shape index (κ3) is 4.41. The van der Waals surface area contributed by atoms with Crippen LogP contribution in [0.4, 0.5) is 4.39 Å². The first-order chi connectivity index (χ1) is 10.1. The first-order valence-electron chi connectivity index (χ1n) is 7.37. The quantitative estimate of drug-likeness (QED) is 0.870. The van der Waals surface area contributed by atoms with Crippen molar-refractivity contribution in [3.05, 3.63) is 35.6 Å². The first kappa shape index (κ1) is 18.9. The molecular formula is C16H24ClFN2O2. The lowest BCUT2D eigenvalue weighted by atomic mass is 9.90. The Balaban J connectivity index is 0.00000242. The van der Waals surface area contributed by atoms with Crippen LogP contribution in [0.1, 0.15) is 31.2 Å². The fourth-order valence-corrected chi connectivity index (χ4v) is 2.67. The van der Waals surface area contributed by atoms with Gasteiger partial charge in [0.05, 0.1) is 0 Å². The van der Waals surface area contributed by atoms with Gasteiger partial charge in [0.25, 0.3) is 5.91 Å². The third-order valence-corrected chi connectivity index (χ3v) is 4.22. The lowest BCUT2D eigenvalue weighted by Gasteiger charge is -2.35. The van der Waals surface area contributed by atoms with Crippen molar-refractivity contribution in [3.63, 3.8) is 0 Å². The van der Waals surface area contributed by atoms with Crippen molar-refractivity contribution >= 4 is 18.3 Å². The number of hydrogen-bond acceptors (Lipinski definition) is 3. The summed E-state index contributed by atoms with van der Waals surface area (Å²) in [5, 5.41) is 6.20. The second kappa shape index (κ2) is 8.46. The molecule has 1 aliphatic heterocycles. The van der Waals surface area contributed by atoms with Crippen molar-refractivity contribution in [2.24, 2.45) is 0 Å². The summed E-state index contributed by atoms with van der Waals surface area (Å²) in [4.78, 5) is 12.4. The number of halogens is 2. The largest absolute Gasteiger partial charge is 0.368 e. The van der Waals surface area contributed by atoms with Crippen molar-refractivity contribution in [3.8, 4) is 0 Å². The van der Waals surface area contributed by atoms with Gasteiger partial charge in [-0.2, -0.15) is 0 Å². The third-order valence-electron chi connectivity index (χ3n) is 4.22. The van der Waals surface area contributed by atoms with E-state index in [1.54, 1.807) is 19.2 Å². The Bertz CT molecular complexity index is 476. The number of carbonyl (C=O) groups is 1. The Hall–Kier alpha value is -1.17. The van der Waals surface area contributed by atoms with E-state index in [4.69, 9.17) is 4.74 Å². The van der Waals surface area contributed by atoms with Gasteiger partial charge in [0.15, 0.2) is 0 Å². The van der Waals surface area contributed by atoms with Gasteiger partial charge in [0, 0.05) is 13.7 Å². The predicted octanol–water partition coefficient (Wildman–Crippen LogP) is 2.24. The first-order valence-corrected chi connectivity index (χ1v) is 7.37. The Labute approximate surface area is 137 Å². The highest BCUT2D eigenvalue weighted by molar-refractivity contribution is 5.85. The van der Waals surface area contributed by atoms with Gasteiger partial charge < -0.3 is 15.4 Å². The highest BCUT2D eigenvalue weighted by Gasteiger charge is 2.39. The second-order valence-electron chi connectivity index (χ2n) is 5.61. The molecule has 124 valence electrons. The Kier molecular flexibility index (Phi) is 7.26. The summed E-state index contributed by atoms with van der Waals surface area (Å²) in [5.41, 5.74) is 0.293. The van der Waals surface area contributed by atoms with Crippen molar-refractivity contribution in [2.45, 2.75) is 31.3 Å². The molecule has 1 saturated heterocycles. The maximum Gasteiger partial charge on any atom is 0.252 e. The van der Waals surface area contributed by atoms with Gasteiger partial charge in [-0.1, -0.05) is 19.1 Å². The molecule has 0 spiro atoms. The maximum absolute atomic E-state index is 12.9.